The van der Waals surface area contributed by atoms with E-state index in [1.807, 2.05) is 12.1 Å². The summed E-state index contributed by atoms with van der Waals surface area (Å²) in [6.07, 6.45) is 0. The van der Waals surface area contributed by atoms with Crippen LogP contribution in [0, 0.1) is 11.3 Å². The van der Waals surface area contributed by atoms with E-state index in [9.17, 15) is 0 Å². The van der Waals surface area contributed by atoms with E-state index in [2.05, 4.69) is 16.3 Å². The number of nitrogens with one attached hydrogen (secondary N) is 1. The Labute approximate surface area is 94.4 Å². The number of rotatable bonds is 0. The van der Waals surface area contributed by atoms with Crippen LogP contribution in [0.15, 0.2) is 18.2 Å². The monoisotopic (exact) mass is 215 g/mol. The number of hydrogen-bond acceptors (Lipinski definition) is 4. The van der Waals surface area contributed by atoms with E-state index >= 15 is 0 Å². The van der Waals surface area contributed by atoms with Crippen molar-refractivity contribution in [3.05, 3.63) is 23.8 Å². The van der Waals surface area contributed by atoms with Crippen molar-refractivity contribution in [3.63, 3.8) is 0 Å². The van der Waals surface area contributed by atoms with Crippen molar-refractivity contribution < 1.29 is 4.74 Å². The van der Waals surface area contributed by atoms with E-state index < -0.39 is 0 Å². The fraction of sp³-hybridized carbons (Fsp3) is 0.417. The quantitative estimate of drug-likeness (QED) is 0.693. The number of fused-ring (bicyclic) bond motifs is 3. The Bertz CT molecular complexity index is 452. The zero-order valence-electron chi connectivity index (χ0n) is 8.94. The lowest BCUT2D eigenvalue weighted by Crippen LogP contribution is -2.55. The third kappa shape index (κ3) is 1.41. The van der Waals surface area contributed by atoms with E-state index in [4.69, 9.17) is 10.00 Å². The van der Waals surface area contributed by atoms with Gasteiger partial charge in [0, 0.05) is 19.6 Å². The van der Waals surface area contributed by atoms with E-state index in [-0.39, 0.29) is 0 Å². The molecule has 4 heteroatoms. The molecule has 82 valence electrons. The molecule has 0 radical (unpaired) electrons. The standard InChI is InChI=1S/C12H13N3O/c13-6-9-1-2-12-11(5-9)15-4-3-14-7-10(15)8-16-12/h1-2,5,10,14H,3-4,7-8H2. The lowest BCUT2D eigenvalue weighted by Gasteiger charge is -2.41. The van der Waals surface area contributed by atoms with Crippen LogP contribution in [-0.4, -0.2) is 32.3 Å². The predicted octanol–water partition coefficient (Wildman–Crippen LogP) is 0.729. The van der Waals surface area contributed by atoms with Crippen molar-refractivity contribution in [3.8, 4) is 11.8 Å². The van der Waals surface area contributed by atoms with Gasteiger partial charge in [-0.25, -0.2) is 0 Å². The minimum absolute atomic E-state index is 0.398. The van der Waals surface area contributed by atoms with Gasteiger partial charge in [-0.1, -0.05) is 0 Å². The molecule has 2 aliphatic heterocycles. The number of benzene rings is 1. The van der Waals surface area contributed by atoms with Gasteiger partial charge in [-0.3, -0.25) is 0 Å². The van der Waals surface area contributed by atoms with E-state index in [1.54, 1.807) is 6.07 Å². The van der Waals surface area contributed by atoms with Crippen molar-refractivity contribution in [2.75, 3.05) is 31.1 Å². The largest absolute Gasteiger partial charge is 0.489 e. The van der Waals surface area contributed by atoms with Crippen LogP contribution in [0.4, 0.5) is 5.69 Å². The van der Waals surface area contributed by atoms with Gasteiger partial charge in [0.25, 0.3) is 0 Å². The first kappa shape index (κ1) is 9.49. The van der Waals surface area contributed by atoms with Crippen LogP contribution in [0.2, 0.25) is 0 Å². The molecule has 0 saturated carbocycles. The van der Waals surface area contributed by atoms with Crippen molar-refractivity contribution >= 4 is 5.69 Å². The van der Waals surface area contributed by atoms with E-state index in [0.29, 0.717) is 11.6 Å². The van der Waals surface area contributed by atoms with Gasteiger partial charge in [0.05, 0.1) is 23.4 Å². The molecule has 4 nitrogen and oxygen atoms in total. The molecule has 0 amide bonds. The van der Waals surface area contributed by atoms with Gasteiger partial charge in [-0.2, -0.15) is 5.26 Å². The maximum atomic E-state index is 8.91. The maximum absolute atomic E-state index is 8.91. The second kappa shape index (κ2) is 3.69. The molecule has 2 heterocycles. The van der Waals surface area contributed by atoms with Gasteiger partial charge in [0.15, 0.2) is 0 Å². The number of anilines is 1. The molecular formula is C12H13N3O. The van der Waals surface area contributed by atoms with Crippen molar-refractivity contribution in [2.45, 2.75) is 6.04 Å². The lowest BCUT2D eigenvalue weighted by molar-refractivity contribution is 0.247. The molecule has 1 atom stereocenters. The first-order valence-corrected chi connectivity index (χ1v) is 5.53. The van der Waals surface area contributed by atoms with Gasteiger partial charge in [-0.05, 0) is 18.2 Å². The molecule has 16 heavy (non-hydrogen) atoms. The number of nitriles is 1. The minimum atomic E-state index is 0.398. The normalized spacial score (nSPS) is 22.7. The van der Waals surface area contributed by atoms with Gasteiger partial charge in [0.1, 0.15) is 12.4 Å². The summed E-state index contributed by atoms with van der Waals surface area (Å²) in [5, 5.41) is 12.3. The van der Waals surface area contributed by atoms with Crippen LogP contribution in [-0.2, 0) is 0 Å². The molecule has 2 aliphatic rings. The smallest absolute Gasteiger partial charge is 0.142 e. The highest BCUT2D eigenvalue weighted by Crippen LogP contribution is 2.34. The maximum Gasteiger partial charge on any atom is 0.142 e. The zero-order valence-corrected chi connectivity index (χ0v) is 8.94. The van der Waals surface area contributed by atoms with E-state index in [1.165, 1.54) is 0 Å². The van der Waals surface area contributed by atoms with Crippen LogP contribution in [0.3, 0.4) is 0 Å². The fourth-order valence-corrected chi connectivity index (χ4v) is 2.35. The molecule has 1 N–H and O–H groups in total. The molecule has 1 fully saturated rings. The summed E-state index contributed by atoms with van der Waals surface area (Å²) in [7, 11) is 0. The van der Waals surface area contributed by atoms with Crippen molar-refractivity contribution in [2.24, 2.45) is 0 Å². The van der Waals surface area contributed by atoms with Crippen LogP contribution < -0.4 is 15.0 Å². The van der Waals surface area contributed by atoms with Crippen LogP contribution in [0.25, 0.3) is 0 Å². The number of piperazine rings is 1. The lowest BCUT2D eigenvalue weighted by atomic mass is 10.1. The highest BCUT2D eigenvalue weighted by atomic mass is 16.5. The summed E-state index contributed by atoms with van der Waals surface area (Å²) in [6, 6.07) is 8.20. The second-order valence-electron chi connectivity index (χ2n) is 4.16. The summed E-state index contributed by atoms with van der Waals surface area (Å²) in [4.78, 5) is 2.34. The molecular weight excluding hydrogens is 202 g/mol. The minimum Gasteiger partial charge on any atom is -0.489 e. The molecule has 1 aromatic rings. The van der Waals surface area contributed by atoms with Crippen LogP contribution >= 0.6 is 0 Å². The van der Waals surface area contributed by atoms with Crippen LogP contribution in [0.1, 0.15) is 5.56 Å². The Hall–Kier alpha value is -1.73. The van der Waals surface area contributed by atoms with Crippen molar-refractivity contribution in [1.82, 2.24) is 5.32 Å². The topological polar surface area (TPSA) is 48.3 Å². The number of ether oxygens (including phenoxy) is 1. The first-order chi connectivity index (χ1) is 7.88. The summed E-state index contributed by atoms with van der Waals surface area (Å²) in [6.45, 7) is 3.66. The number of hydrogen-bond donors (Lipinski definition) is 1. The molecule has 0 bridgehead atoms. The Morgan fingerprint density at radius 1 is 1.50 bits per heavy atom. The third-order valence-corrected chi connectivity index (χ3v) is 3.18. The zero-order chi connectivity index (χ0) is 11.0. The van der Waals surface area contributed by atoms with Gasteiger partial charge in [0.2, 0.25) is 0 Å². The summed E-state index contributed by atoms with van der Waals surface area (Å²) in [5.41, 5.74) is 1.76. The highest BCUT2D eigenvalue weighted by molar-refractivity contribution is 5.64. The Kier molecular flexibility index (Phi) is 2.19. The highest BCUT2D eigenvalue weighted by Gasteiger charge is 2.29. The number of nitrogens with zero attached hydrogens (tertiary/aromatic N) is 2. The molecule has 0 spiro atoms. The second-order valence-corrected chi connectivity index (χ2v) is 4.16. The molecule has 0 aliphatic carbocycles. The summed E-state index contributed by atoms with van der Waals surface area (Å²) < 4.78 is 5.70. The molecule has 0 aromatic heterocycles. The van der Waals surface area contributed by atoms with Gasteiger partial charge < -0.3 is 15.0 Å². The Morgan fingerprint density at radius 3 is 3.31 bits per heavy atom. The van der Waals surface area contributed by atoms with Gasteiger partial charge in [-0.15, -0.1) is 0 Å². The molecule has 1 saturated heterocycles. The SMILES string of the molecule is N#Cc1ccc2c(c1)N1CCNCC1CO2. The average Bonchev–Trinajstić information content (AvgIpc) is 2.38. The summed E-state index contributed by atoms with van der Waals surface area (Å²) in [5.74, 6) is 0.900. The first-order valence-electron chi connectivity index (χ1n) is 5.53. The molecule has 1 aromatic carbocycles. The predicted molar refractivity (Wildman–Crippen MR) is 60.7 cm³/mol. The Morgan fingerprint density at radius 2 is 2.44 bits per heavy atom. The fourth-order valence-electron chi connectivity index (χ4n) is 2.35. The van der Waals surface area contributed by atoms with Gasteiger partial charge >= 0.3 is 0 Å². The van der Waals surface area contributed by atoms with Crippen molar-refractivity contribution in [1.29, 1.82) is 5.26 Å². The van der Waals surface area contributed by atoms with Crippen LogP contribution in [0.5, 0.6) is 5.75 Å². The Balaban J connectivity index is 2.02. The molecule has 1 unspecified atom stereocenters. The summed E-state index contributed by atoms with van der Waals surface area (Å²) >= 11 is 0. The third-order valence-electron chi connectivity index (χ3n) is 3.18. The molecule has 3 rings (SSSR count). The van der Waals surface area contributed by atoms with E-state index in [0.717, 1.165) is 37.7 Å². The average molecular weight is 215 g/mol.